The summed E-state index contributed by atoms with van der Waals surface area (Å²) < 4.78 is 40.3. The number of para-hydroxylation sites is 1. The van der Waals surface area contributed by atoms with Crippen molar-refractivity contribution in [3.05, 3.63) is 89.2 Å². The molecule has 0 bridgehead atoms. The fourth-order valence-electron chi connectivity index (χ4n) is 3.21. The summed E-state index contributed by atoms with van der Waals surface area (Å²) in [4.78, 5) is 14.7. The smallest absolute Gasteiger partial charge is 0.264 e. The molecule has 9 heteroatoms. The standard InChI is InChI=1S/C24H25ClFN3O3S/c1-28(19-7-4-3-5-8-19)16-6-15-27-24(30)22-17-21(13-14-23(22)25)33(31,32)29(2)20-11-9-18(26)10-12-20/h3-5,7-14,17H,6,15-16H2,1-2H3,(H,27,30). The molecule has 3 rings (SSSR count). The number of hydrogen-bond acceptors (Lipinski definition) is 4. The van der Waals surface area contributed by atoms with Crippen LogP contribution in [-0.2, 0) is 10.0 Å². The molecule has 0 aromatic heterocycles. The number of nitrogens with zero attached hydrogens (tertiary/aromatic N) is 2. The number of hydrogen-bond donors (Lipinski definition) is 1. The average molecular weight is 490 g/mol. The van der Waals surface area contributed by atoms with Gasteiger partial charge >= 0.3 is 0 Å². The molecule has 1 amide bonds. The summed E-state index contributed by atoms with van der Waals surface area (Å²) in [5, 5.41) is 2.94. The lowest BCUT2D eigenvalue weighted by molar-refractivity contribution is 0.0953. The lowest BCUT2D eigenvalue weighted by Gasteiger charge is -2.20. The Morgan fingerprint density at radius 2 is 1.64 bits per heavy atom. The van der Waals surface area contributed by atoms with E-state index in [9.17, 15) is 17.6 Å². The Labute approximate surface area is 198 Å². The van der Waals surface area contributed by atoms with E-state index >= 15 is 0 Å². The van der Waals surface area contributed by atoms with E-state index in [-0.39, 0.29) is 15.5 Å². The number of sulfonamides is 1. The molecular formula is C24H25ClFN3O3S. The van der Waals surface area contributed by atoms with Crippen molar-refractivity contribution in [3.8, 4) is 0 Å². The van der Waals surface area contributed by atoms with E-state index in [1.165, 1.54) is 49.5 Å². The van der Waals surface area contributed by atoms with Gasteiger partial charge in [-0.3, -0.25) is 9.10 Å². The molecule has 0 heterocycles. The van der Waals surface area contributed by atoms with Gasteiger partial charge in [0.05, 0.1) is 21.2 Å². The first-order valence-corrected chi connectivity index (χ1v) is 12.1. The van der Waals surface area contributed by atoms with Gasteiger partial charge in [0, 0.05) is 32.9 Å². The minimum atomic E-state index is -3.98. The van der Waals surface area contributed by atoms with Crippen LogP contribution in [0.3, 0.4) is 0 Å². The van der Waals surface area contributed by atoms with Gasteiger partial charge < -0.3 is 10.2 Å². The third-order valence-corrected chi connectivity index (χ3v) is 7.30. The topological polar surface area (TPSA) is 69.7 Å². The van der Waals surface area contributed by atoms with Gasteiger partial charge in [0.15, 0.2) is 0 Å². The monoisotopic (exact) mass is 489 g/mol. The second kappa shape index (κ2) is 10.7. The van der Waals surface area contributed by atoms with Crippen LogP contribution in [0.1, 0.15) is 16.8 Å². The zero-order valence-corrected chi connectivity index (χ0v) is 19.9. The molecule has 0 radical (unpaired) electrons. The molecule has 0 unspecified atom stereocenters. The van der Waals surface area contributed by atoms with Gasteiger partial charge in [-0.05, 0) is 61.0 Å². The normalized spacial score (nSPS) is 11.2. The number of amides is 1. The summed E-state index contributed by atoms with van der Waals surface area (Å²) in [7, 11) is -0.646. The van der Waals surface area contributed by atoms with E-state index < -0.39 is 21.7 Å². The van der Waals surface area contributed by atoms with Crippen LogP contribution in [0.5, 0.6) is 0 Å². The quantitative estimate of drug-likeness (QED) is 0.447. The molecule has 0 spiro atoms. The summed E-state index contributed by atoms with van der Waals surface area (Å²) in [6, 6.07) is 18.9. The average Bonchev–Trinajstić information content (AvgIpc) is 2.82. The first kappa shape index (κ1) is 24.5. The zero-order chi connectivity index (χ0) is 24.0. The third-order valence-electron chi connectivity index (χ3n) is 5.18. The number of halogens is 2. The van der Waals surface area contributed by atoms with Crippen LogP contribution >= 0.6 is 11.6 Å². The number of benzene rings is 3. The highest BCUT2D eigenvalue weighted by Crippen LogP contribution is 2.26. The maximum atomic E-state index is 13.2. The molecule has 0 fully saturated rings. The first-order chi connectivity index (χ1) is 15.7. The lowest BCUT2D eigenvalue weighted by atomic mass is 10.2. The van der Waals surface area contributed by atoms with Gasteiger partial charge in [-0.2, -0.15) is 0 Å². The Balaban J connectivity index is 1.66. The van der Waals surface area contributed by atoms with Crippen LogP contribution in [-0.4, -0.2) is 41.5 Å². The van der Waals surface area contributed by atoms with Crippen LogP contribution in [0.25, 0.3) is 0 Å². The van der Waals surface area contributed by atoms with Crippen molar-refractivity contribution in [2.24, 2.45) is 0 Å². The Bertz CT molecular complexity index is 1210. The molecule has 3 aromatic carbocycles. The molecule has 0 saturated heterocycles. The highest BCUT2D eigenvalue weighted by molar-refractivity contribution is 7.92. The maximum absolute atomic E-state index is 13.2. The Morgan fingerprint density at radius 3 is 2.30 bits per heavy atom. The molecule has 1 N–H and O–H groups in total. The number of nitrogens with one attached hydrogen (secondary N) is 1. The summed E-state index contributed by atoms with van der Waals surface area (Å²) in [6.07, 6.45) is 0.694. The van der Waals surface area contributed by atoms with E-state index in [2.05, 4.69) is 10.2 Å². The van der Waals surface area contributed by atoms with E-state index in [0.29, 0.717) is 18.7 Å². The second-order valence-corrected chi connectivity index (χ2v) is 9.83. The largest absolute Gasteiger partial charge is 0.375 e. The fourth-order valence-corrected chi connectivity index (χ4v) is 4.64. The molecule has 0 aliphatic heterocycles. The number of anilines is 2. The molecule has 0 saturated carbocycles. The van der Waals surface area contributed by atoms with Crippen LogP contribution in [0.2, 0.25) is 5.02 Å². The molecule has 0 aliphatic carbocycles. The predicted octanol–water partition coefficient (Wildman–Crippen LogP) is 4.56. The number of carbonyl (C=O) groups excluding carboxylic acids is 1. The minimum Gasteiger partial charge on any atom is -0.375 e. The van der Waals surface area contributed by atoms with Gasteiger partial charge in [0.25, 0.3) is 15.9 Å². The van der Waals surface area contributed by atoms with E-state index in [4.69, 9.17) is 11.6 Å². The van der Waals surface area contributed by atoms with Crippen molar-refractivity contribution in [3.63, 3.8) is 0 Å². The summed E-state index contributed by atoms with van der Waals surface area (Å²) in [5.41, 5.74) is 1.44. The number of rotatable bonds is 9. The molecule has 174 valence electrons. The summed E-state index contributed by atoms with van der Waals surface area (Å²) in [6.45, 7) is 1.13. The van der Waals surface area contributed by atoms with Gasteiger partial charge in [0.2, 0.25) is 0 Å². The lowest BCUT2D eigenvalue weighted by Crippen LogP contribution is -2.29. The van der Waals surface area contributed by atoms with Crippen LogP contribution < -0.4 is 14.5 Å². The molecule has 3 aromatic rings. The Kier molecular flexibility index (Phi) is 7.94. The maximum Gasteiger partial charge on any atom is 0.264 e. The van der Waals surface area contributed by atoms with Crippen molar-refractivity contribution in [1.82, 2.24) is 5.32 Å². The Morgan fingerprint density at radius 1 is 0.970 bits per heavy atom. The predicted molar refractivity (Wildman–Crippen MR) is 130 cm³/mol. The SMILES string of the molecule is CN(CCCNC(=O)c1cc(S(=O)(=O)N(C)c2ccc(F)cc2)ccc1Cl)c1ccccc1. The fraction of sp³-hybridized carbons (Fsp3) is 0.208. The van der Waals surface area contributed by atoms with Gasteiger partial charge in [0.1, 0.15) is 5.82 Å². The molecule has 6 nitrogen and oxygen atoms in total. The van der Waals surface area contributed by atoms with E-state index in [1.807, 2.05) is 37.4 Å². The second-order valence-electron chi connectivity index (χ2n) is 7.46. The molecular weight excluding hydrogens is 465 g/mol. The van der Waals surface area contributed by atoms with Crippen LogP contribution in [0.15, 0.2) is 77.7 Å². The van der Waals surface area contributed by atoms with Crippen molar-refractivity contribution in [2.45, 2.75) is 11.3 Å². The summed E-state index contributed by atoms with van der Waals surface area (Å²) >= 11 is 6.18. The van der Waals surface area contributed by atoms with E-state index in [0.717, 1.165) is 16.5 Å². The Hall–Kier alpha value is -3.10. The molecule has 0 atom stereocenters. The minimum absolute atomic E-state index is 0.0710. The van der Waals surface area contributed by atoms with Crippen LogP contribution in [0, 0.1) is 5.82 Å². The van der Waals surface area contributed by atoms with Crippen molar-refractivity contribution >= 4 is 38.9 Å². The zero-order valence-electron chi connectivity index (χ0n) is 18.3. The van der Waals surface area contributed by atoms with Crippen molar-refractivity contribution in [1.29, 1.82) is 0 Å². The van der Waals surface area contributed by atoms with Gasteiger partial charge in [-0.25, -0.2) is 12.8 Å². The summed E-state index contributed by atoms with van der Waals surface area (Å²) in [5.74, 6) is -0.922. The van der Waals surface area contributed by atoms with E-state index in [1.54, 1.807) is 0 Å². The highest BCUT2D eigenvalue weighted by atomic mass is 35.5. The molecule has 0 aliphatic rings. The highest BCUT2D eigenvalue weighted by Gasteiger charge is 2.24. The van der Waals surface area contributed by atoms with Crippen molar-refractivity contribution < 1.29 is 17.6 Å². The molecule has 33 heavy (non-hydrogen) atoms. The van der Waals surface area contributed by atoms with Gasteiger partial charge in [-0.1, -0.05) is 29.8 Å². The van der Waals surface area contributed by atoms with Crippen LogP contribution in [0.4, 0.5) is 15.8 Å². The third kappa shape index (κ3) is 6.03. The number of carbonyl (C=O) groups is 1. The van der Waals surface area contributed by atoms with Crippen molar-refractivity contribution in [2.75, 3.05) is 36.4 Å². The first-order valence-electron chi connectivity index (χ1n) is 10.3. The van der Waals surface area contributed by atoms with Gasteiger partial charge in [-0.15, -0.1) is 0 Å².